The Morgan fingerprint density at radius 2 is 1.91 bits per heavy atom. The van der Waals surface area contributed by atoms with Gasteiger partial charge in [-0.25, -0.2) is 12.8 Å². The Bertz CT molecular complexity index is 1920. The lowest BCUT2D eigenvalue weighted by molar-refractivity contribution is 0.260. The maximum absolute atomic E-state index is 13.9. The molecule has 1 saturated carbocycles. The van der Waals surface area contributed by atoms with Crippen molar-refractivity contribution in [1.29, 1.82) is 5.26 Å². The number of benzene rings is 3. The van der Waals surface area contributed by atoms with Gasteiger partial charge in [0.2, 0.25) is 0 Å². The summed E-state index contributed by atoms with van der Waals surface area (Å²) in [4.78, 5) is 4.45. The van der Waals surface area contributed by atoms with E-state index in [1.54, 1.807) is 24.3 Å². The molecule has 0 saturated heterocycles. The Morgan fingerprint density at radius 1 is 1.16 bits per heavy atom. The molecule has 1 fully saturated rings. The molecule has 4 aromatic rings. The van der Waals surface area contributed by atoms with E-state index in [9.17, 15) is 19.4 Å². The third kappa shape index (κ3) is 6.73. The van der Waals surface area contributed by atoms with Crippen molar-refractivity contribution < 1.29 is 14.2 Å². The van der Waals surface area contributed by atoms with Gasteiger partial charge in [0, 0.05) is 35.8 Å². The van der Waals surface area contributed by atoms with Gasteiger partial charge in [-0.3, -0.25) is 9.99 Å². The van der Waals surface area contributed by atoms with Crippen LogP contribution in [0.1, 0.15) is 49.4 Å². The van der Waals surface area contributed by atoms with Crippen molar-refractivity contribution in [3.8, 4) is 6.07 Å². The Morgan fingerprint density at radius 3 is 2.59 bits per heavy atom. The van der Waals surface area contributed by atoms with E-state index >= 15 is 0 Å². The van der Waals surface area contributed by atoms with Crippen molar-refractivity contribution in [1.82, 2.24) is 21.0 Å². The number of aromatic nitrogens is 1. The molecule has 2 atom stereocenters. The molecule has 1 aromatic heterocycles. The number of hydrogen-bond donors (Lipinski definition) is 4. The molecule has 0 spiro atoms. The second kappa shape index (κ2) is 12.3. The Labute approximate surface area is 262 Å². The molecule has 12 heteroatoms. The van der Waals surface area contributed by atoms with Crippen LogP contribution in [-0.2, 0) is 9.84 Å². The number of hydrogen-bond acceptors (Lipinski definition) is 9. The first kappa shape index (κ1) is 28.4. The predicted molar refractivity (Wildman–Crippen MR) is 171 cm³/mol. The van der Waals surface area contributed by atoms with Gasteiger partial charge in [0.15, 0.2) is 0 Å². The largest absolute Gasteiger partial charge is 0.377 e. The SMILES string of the molecule is [2H][C@](Nc1cc(Cl)c2ncc(C#N)c(N[C@H](CCS(C)(=O)=O)c3ccccc3)c2c1)(C1=CN(C2CC2)NN1)c1ccc(F)cc1. The van der Waals surface area contributed by atoms with Crippen LogP contribution in [0.5, 0.6) is 0 Å². The number of halogens is 2. The van der Waals surface area contributed by atoms with Gasteiger partial charge >= 0.3 is 0 Å². The molecule has 3 aromatic carbocycles. The number of pyridine rings is 1. The highest BCUT2D eigenvalue weighted by molar-refractivity contribution is 7.90. The third-order valence-corrected chi connectivity index (χ3v) is 8.81. The van der Waals surface area contributed by atoms with Gasteiger partial charge in [0.25, 0.3) is 0 Å². The first-order chi connectivity index (χ1) is 21.5. The second-order valence-electron chi connectivity index (χ2n) is 11.0. The molecule has 44 heavy (non-hydrogen) atoms. The number of anilines is 2. The minimum Gasteiger partial charge on any atom is -0.377 e. The molecule has 4 N–H and O–H groups in total. The Balaban J connectivity index is 1.44. The molecule has 0 unspecified atom stereocenters. The van der Waals surface area contributed by atoms with Crippen molar-refractivity contribution in [3.05, 3.63) is 112 Å². The molecule has 2 aliphatic rings. The molecule has 1 aliphatic heterocycles. The maximum atomic E-state index is 13.9. The van der Waals surface area contributed by atoms with Gasteiger partial charge in [-0.05, 0) is 54.7 Å². The fourth-order valence-corrected chi connectivity index (χ4v) is 6.08. The highest BCUT2D eigenvalue weighted by atomic mass is 35.5. The lowest BCUT2D eigenvalue weighted by Gasteiger charge is -2.24. The van der Waals surface area contributed by atoms with E-state index in [0.29, 0.717) is 39.6 Å². The molecule has 2 heterocycles. The molecular weight excluding hydrogens is 601 g/mol. The van der Waals surface area contributed by atoms with Gasteiger partial charge in [-0.1, -0.05) is 54.1 Å². The van der Waals surface area contributed by atoms with E-state index in [4.69, 9.17) is 11.6 Å². The van der Waals surface area contributed by atoms with Crippen molar-refractivity contribution >= 4 is 43.7 Å². The van der Waals surface area contributed by atoms with E-state index in [0.717, 1.165) is 18.4 Å². The van der Waals surface area contributed by atoms with Gasteiger partial charge in [0.1, 0.15) is 21.7 Å². The number of rotatable bonds is 11. The second-order valence-corrected chi connectivity index (χ2v) is 13.6. The normalized spacial score (nSPS) is 17.2. The number of nitrogens with one attached hydrogen (secondary N) is 4. The third-order valence-electron chi connectivity index (χ3n) is 7.54. The number of sulfone groups is 1. The quantitative estimate of drug-likeness (QED) is 0.158. The van der Waals surface area contributed by atoms with Crippen molar-refractivity contribution in [3.63, 3.8) is 0 Å². The number of hydrazine groups is 2. The fraction of sp³-hybridized carbons (Fsp3) is 0.250. The van der Waals surface area contributed by atoms with E-state index < -0.39 is 27.7 Å². The van der Waals surface area contributed by atoms with Crippen LogP contribution in [0.15, 0.2) is 84.8 Å². The average molecular weight is 633 g/mol. The van der Waals surface area contributed by atoms with Gasteiger partial charge in [-0.15, -0.1) is 5.53 Å². The maximum Gasteiger partial charge on any atom is 0.147 e. The van der Waals surface area contributed by atoms with Crippen molar-refractivity contribution in [2.75, 3.05) is 22.6 Å². The smallest absolute Gasteiger partial charge is 0.147 e. The van der Waals surface area contributed by atoms with Crippen LogP contribution in [0.3, 0.4) is 0 Å². The van der Waals surface area contributed by atoms with E-state index in [-0.39, 0.29) is 22.8 Å². The lowest BCUT2D eigenvalue weighted by atomic mass is 10.0. The molecule has 1 aliphatic carbocycles. The molecular formula is C32H31ClFN7O2S. The van der Waals surface area contributed by atoms with Gasteiger partial charge < -0.3 is 16.1 Å². The van der Waals surface area contributed by atoms with E-state index in [1.165, 1.54) is 24.6 Å². The fourth-order valence-electron chi connectivity index (χ4n) is 5.15. The molecule has 0 radical (unpaired) electrons. The van der Waals surface area contributed by atoms with Crippen LogP contribution in [0.2, 0.25) is 5.02 Å². The molecule has 0 amide bonds. The van der Waals surface area contributed by atoms with Crippen LogP contribution in [-0.4, -0.2) is 36.5 Å². The zero-order valence-corrected chi connectivity index (χ0v) is 25.4. The summed E-state index contributed by atoms with van der Waals surface area (Å²) in [6.07, 6.45) is 6.78. The number of fused-ring (bicyclic) bond motifs is 1. The zero-order chi connectivity index (χ0) is 31.8. The first-order valence-electron chi connectivity index (χ1n) is 14.6. The summed E-state index contributed by atoms with van der Waals surface area (Å²) in [7, 11) is -3.27. The van der Waals surface area contributed by atoms with Crippen LogP contribution in [0.25, 0.3) is 10.9 Å². The van der Waals surface area contributed by atoms with Crippen LogP contribution < -0.4 is 21.6 Å². The van der Waals surface area contributed by atoms with E-state index in [2.05, 4.69) is 32.6 Å². The number of nitrogens with zero attached hydrogens (tertiary/aromatic N) is 3. The van der Waals surface area contributed by atoms with Crippen LogP contribution >= 0.6 is 11.6 Å². The zero-order valence-electron chi connectivity index (χ0n) is 24.8. The highest BCUT2D eigenvalue weighted by Gasteiger charge is 2.32. The summed E-state index contributed by atoms with van der Waals surface area (Å²) < 4.78 is 47.8. The highest BCUT2D eigenvalue weighted by Crippen LogP contribution is 2.38. The van der Waals surface area contributed by atoms with E-state index in [1.807, 2.05) is 41.5 Å². The van der Waals surface area contributed by atoms with Crippen molar-refractivity contribution in [2.45, 2.75) is 37.4 Å². The summed E-state index contributed by atoms with van der Waals surface area (Å²) >= 11 is 6.78. The molecule has 0 bridgehead atoms. The minimum atomic E-state index is -3.27. The topological polar surface area (TPSA) is 122 Å². The average Bonchev–Trinajstić information content (AvgIpc) is 3.74. The molecule has 9 nitrogen and oxygen atoms in total. The lowest BCUT2D eigenvalue weighted by Crippen LogP contribution is -2.38. The van der Waals surface area contributed by atoms with Gasteiger partial charge in [-0.2, -0.15) is 5.26 Å². The first-order valence-corrected chi connectivity index (χ1v) is 16.6. The predicted octanol–water partition coefficient (Wildman–Crippen LogP) is 5.97. The molecule has 226 valence electrons. The minimum absolute atomic E-state index is 0.0644. The standard InChI is InChI=1S/C32H31ClFN7O2S/c1-44(42,43)14-13-28(20-5-3-2-4-6-20)38-30-22(17-35)18-36-32-26(30)15-24(16-27(32)33)37-31(21-7-9-23(34)10-8-21)29-19-41(40-39-29)25-11-12-25/h2-10,15-16,18-19,25,28,31,37,39-40H,11-14H2,1H3,(H,36,38)/t28-,31-/m1/s1/i31D. The summed E-state index contributed by atoms with van der Waals surface area (Å²) in [5.41, 5.74) is 9.57. The Hall–Kier alpha value is -4.37. The Kier molecular flexibility index (Phi) is 7.95. The van der Waals surface area contributed by atoms with Crippen molar-refractivity contribution in [2.24, 2.45) is 0 Å². The summed E-state index contributed by atoms with van der Waals surface area (Å²) in [6.45, 7) is 0. The van der Waals surface area contributed by atoms with Gasteiger partial charge in [0.05, 0.1) is 46.7 Å². The summed E-state index contributed by atoms with van der Waals surface area (Å²) in [5.74, 6) is -0.485. The number of nitriles is 1. The summed E-state index contributed by atoms with van der Waals surface area (Å²) in [5, 5.41) is 19.5. The van der Waals surface area contributed by atoms with Crippen LogP contribution in [0.4, 0.5) is 15.8 Å². The summed E-state index contributed by atoms with van der Waals surface area (Å²) in [6, 6.07) is 19.0. The molecule has 6 rings (SSSR count). The van der Waals surface area contributed by atoms with Crippen LogP contribution in [0, 0.1) is 17.1 Å². The monoisotopic (exact) mass is 632 g/mol.